The minimum absolute atomic E-state index is 0.164. The first-order valence-corrected chi connectivity index (χ1v) is 6.94. The molecule has 0 aliphatic rings. The molecule has 1 aromatic carbocycles. The third-order valence-electron chi connectivity index (χ3n) is 3.33. The van der Waals surface area contributed by atoms with Crippen molar-refractivity contribution in [3.63, 3.8) is 0 Å². The monoisotopic (exact) mass is 291 g/mol. The van der Waals surface area contributed by atoms with Gasteiger partial charge in [-0.05, 0) is 19.4 Å². The molecule has 20 heavy (non-hydrogen) atoms. The normalized spacial score (nSPS) is 13.8. The molecular formula is C15H18ClN3O. The molecule has 0 bridgehead atoms. The number of aryl methyl sites for hydroxylation is 2. The van der Waals surface area contributed by atoms with Crippen LogP contribution in [0.5, 0.6) is 0 Å². The van der Waals surface area contributed by atoms with Gasteiger partial charge in [0.2, 0.25) is 0 Å². The first-order chi connectivity index (χ1) is 9.46. The van der Waals surface area contributed by atoms with E-state index in [4.69, 9.17) is 11.6 Å². The zero-order valence-electron chi connectivity index (χ0n) is 11.9. The minimum Gasteiger partial charge on any atom is -0.341 e. The van der Waals surface area contributed by atoms with Crippen LogP contribution in [-0.2, 0) is 12.6 Å². The van der Waals surface area contributed by atoms with Crippen molar-refractivity contribution in [2.24, 2.45) is 7.05 Å². The first-order valence-electron chi connectivity index (χ1n) is 6.40. The molecule has 0 spiro atoms. The molecule has 0 aliphatic carbocycles. The van der Waals surface area contributed by atoms with E-state index in [1.54, 1.807) is 17.9 Å². The lowest BCUT2D eigenvalue weighted by Crippen LogP contribution is -2.45. The predicted molar refractivity (Wildman–Crippen MR) is 79.9 cm³/mol. The van der Waals surface area contributed by atoms with Crippen molar-refractivity contribution in [2.75, 3.05) is 5.88 Å². The van der Waals surface area contributed by atoms with E-state index in [1.807, 2.05) is 44.2 Å². The fourth-order valence-electron chi connectivity index (χ4n) is 2.13. The van der Waals surface area contributed by atoms with Crippen LogP contribution in [0.3, 0.4) is 0 Å². The van der Waals surface area contributed by atoms with E-state index in [2.05, 4.69) is 10.4 Å². The molecule has 2 rings (SSSR count). The van der Waals surface area contributed by atoms with Crippen LogP contribution in [0, 0.1) is 6.92 Å². The van der Waals surface area contributed by atoms with Gasteiger partial charge < -0.3 is 5.32 Å². The van der Waals surface area contributed by atoms with E-state index in [0.717, 1.165) is 5.56 Å². The summed E-state index contributed by atoms with van der Waals surface area (Å²) in [4.78, 5) is 12.4. The molecule has 2 aromatic rings. The van der Waals surface area contributed by atoms with Gasteiger partial charge in [-0.25, -0.2) is 0 Å². The Morgan fingerprint density at radius 3 is 2.55 bits per heavy atom. The van der Waals surface area contributed by atoms with E-state index in [1.165, 1.54) is 0 Å². The van der Waals surface area contributed by atoms with Crippen LogP contribution >= 0.6 is 11.6 Å². The van der Waals surface area contributed by atoms with Crippen molar-refractivity contribution in [1.29, 1.82) is 0 Å². The Morgan fingerprint density at radius 1 is 1.40 bits per heavy atom. The second-order valence-electron chi connectivity index (χ2n) is 5.09. The summed E-state index contributed by atoms with van der Waals surface area (Å²) in [5.41, 5.74) is 1.64. The highest BCUT2D eigenvalue weighted by atomic mass is 35.5. The van der Waals surface area contributed by atoms with E-state index >= 15 is 0 Å². The highest BCUT2D eigenvalue weighted by molar-refractivity contribution is 6.19. The van der Waals surface area contributed by atoms with Crippen molar-refractivity contribution >= 4 is 17.5 Å². The molecular weight excluding hydrogens is 274 g/mol. The number of aromatic nitrogens is 2. The van der Waals surface area contributed by atoms with Crippen LogP contribution in [0.1, 0.15) is 28.5 Å². The maximum Gasteiger partial charge on any atom is 0.255 e. The van der Waals surface area contributed by atoms with Crippen LogP contribution in [-0.4, -0.2) is 21.6 Å². The Morgan fingerprint density at radius 2 is 2.05 bits per heavy atom. The Hall–Kier alpha value is -1.81. The molecule has 0 aliphatic heterocycles. The van der Waals surface area contributed by atoms with Gasteiger partial charge in [-0.3, -0.25) is 9.48 Å². The van der Waals surface area contributed by atoms with Crippen molar-refractivity contribution in [3.8, 4) is 0 Å². The van der Waals surface area contributed by atoms with E-state index < -0.39 is 5.54 Å². The zero-order chi connectivity index (χ0) is 14.8. The number of rotatable bonds is 4. The Labute approximate surface area is 123 Å². The van der Waals surface area contributed by atoms with Crippen molar-refractivity contribution in [1.82, 2.24) is 15.1 Å². The Balaban J connectivity index is 2.26. The van der Waals surface area contributed by atoms with Gasteiger partial charge in [-0.2, -0.15) is 5.10 Å². The summed E-state index contributed by atoms with van der Waals surface area (Å²) in [6.07, 6.45) is 1.71. The maximum absolute atomic E-state index is 12.4. The van der Waals surface area contributed by atoms with Crippen LogP contribution in [0.25, 0.3) is 0 Å². The van der Waals surface area contributed by atoms with Crippen LogP contribution in [0.2, 0.25) is 0 Å². The van der Waals surface area contributed by atoms with Crippen molar-refractivity contribution < 1.29 is 4.79 Å². The van der Waals surface area contributed by atoms with Crippen LogP contribution in [0.4, 0.5) is 0 Å². The van der Waals surface area contributed by atoms with Gasteiger partial charge in [-0.15, -0.1) is 11.6 Å². The zero-order valence-corrected chi connectivity index (χ0v) is 12.6. The largest absolute Gasteiger partial charge is 0.341 e. The van der Waals surface area contributed by atoms with Gasteiger partial charge in [0.25, 0.3) is 5.91 Å². The van der Waals surface area contributed by atoms with E-state index in [0.29, 0.717) is 17.1 Å². The number of benzene rings is 1. The van der Waals surface area contributed by atoms with E-state index in [9.17, 15) is 4.79 Å². The summed E-state index contributed by atoms with van der Waals surface area (Å²) in [5, 5.41) is 7.19. The summed E-state index contributed by atoms with van der Waals surface area (Å²) in [5.74, 6) is 0.129. The third kappa shape index (κ3) is 2.85. The number of halogens is 1. The maximum atomic E-state index is 12.4. The number of nitrogens with zero attached hydrogens (tertiary/aromatic N) is 2. The summed E-state index contributed by atoms with van der Waals surface area (Å²) >= 11 is 6.08. The van der Waals surface area contributed by atoms with Gasteiger partial charge in [-0.1, -0.05) is 30.3 Å². The van der Waals surface area contributed by atoms with Crippen molar-refractivity contribution in [2.45, 2.75) is 19.4 Å². The molecule has 0 saturated heterocycles. The summed E-state index contributed by atoms with van der Waals surface area (Å²) in [7, 11) is 1.79. The average Bonchev–Trinajstić information content (AvgIpc) is 2.78. The number of alkyl halides is 1. The quantitative estimate of drug-likeness (QED) is 0.880. The molecule has 1 amide bonds. The first kappa shape index (κ1) is 14.6. The SMILES string of the molecule is Cc1nn(C)cc1C(=O)NC(C)(CCl)c1ccccc1. The van der Waals surface area contributed by atoms with E-state index in [-0.39, 0.29) is 5.91 Å². The lowest BCUT2D eigenvalue weighted by atomic mass is 9.93. The summed E-state index contributed by atoms with van der Waals surface area (Å²) < 4.78 is 1.63. The molecule has 1 N–H and O–H groups in total. The molecule has 5 heteroatoms. The Kier molecular flexibility index (Phi) is 4.14. The molecule has 106 valence electrons. The van der Waals surface area contributed by atoms with Crippen LogP contribution < -0.4 is 5.32 Å². The second-order valence-corrected chi connectivity index (χ2v) is 5.36. The van der Waals surface area contributed by atoms with Crippen molar-refractivity contribution in [3.05, 3.63) is 53.3 Å². The molecule has 1 aromatic heterocycles. The van der Waals surface area contributed by atoms with Gasteiger partial charge in [0.1, 0.15) is 0 Å². The molecule has 1 unspecified atom stereocenters. The summed E-state index contributed by atoms with van der Waals surface area (Å²) in [6.45, 7) is 3.73. The standard InChI is InChI=1S/C15H18ClN3O/c1-11-13(9-19(3)18-11)14(20)17-15(2,10-16)12-7-5-4-6-8-12/h4-9H,10H2,1-3H3,(H,17,20). The molecule has 0 fully saturated rings. The number of nitrogens with one attached hydrogen (secondary N) is 1. The summed E-state index contributed by atoms with van der Waals surface area (Å²) in [6, 6.07) is 9.71. The molecule has 4 nitrogen and oxygen atoms in total. The molecule has 1 heterocycles. The number of hydrogen-bond acceptors (Lipinski definition) is 2. The topological polar surface area (TPSA) is 46.9 Å². The van der Waals surface area contributed by atoms with Crippen LogP contribution in [0.15, 0.2) is 36.5 Å². The number of carbonyl (C=O) groups is 1. The highest BCUT2D eigenvalue weighted by Crippen LogP contribution is 2.23. The van der Waals surface area contributed by atoms with Gasteiger partial charge >= 0.3 is 0 Å². The van der Waals surface area contributed by atoms with Gasteiger partial charge in [0, 0.05) is 19.1 Å². The highest BCUT2D eigenvalue weighted by Gasteiger charge is 2.29. The predicted octanol–water partition coefficient (Wildman–Crippen LogP) is 2.61. The third-order valence-corrected chi connectivity index (χ3v) is 3.86. The average molecular weight is 292 g/mol. The molecule has 0 saturated carbocycles. The fraction of sp³-hybridized carbons (Fsp3) is 0.333. The van der Waals surface area contributed by atoms with Gasteiger partial charge in [0.15, 0.2) is 0 Å². The number of hydrogen-bond donors (Lipinski definition) is 1. The Bertz CT molecular complexity index is 609. The van der Waals surface area contributed by atoms with Gasteiger partial charge in [0.05, 0.1) is 16.8 Å². The number of carbonyl (C=O) groups excluding carboxylic acids is 1. The fourth-order valence-corrected chi connectivity index (χ4v) is 2.35. The minimum atomic E-state index is -0.609. The number of amides is 1. The lowest BCUT2D eigenvalue weighted by molar-refractivity contribution is 0.0912. The lowest BCUT2D eigenvalue weighted by Gasteiger charge is -2.29. The molecule has 1 atom stereocenters. The second kappa shape index (κ2) is 5.67. The smallest absolute Gasteiger partial charge is 0.255 e. The molecule has 0 radical (unpaired) electrons.